The predicted molar refractivity (Wildman–Crippen MR) is 78.8 cm³/mol. The molecule has 1 heterocycles. The van der Waals surface area contributed by atoms with Crippen LogP contribution >= 0.6 is 0 Å². The number of fused-ring (bicyclic) bond motifs is 1. The van der Waals surface area contributed by atoms with Gasteiger partial charge in [0.15, 0.2) is 5.58 Å². The van der Waals surface area contributed by atoms with Crippen LogP contribution in [0.4, 0.5) is 10.1 Å². The molecule has 0 aliphatic rings. The zero-order valence-corrected chi connectivity index (χ0v) is 12.2. The van der Waals surface area contributed by atoms with Gasteiger partial charge in [-0.05, 0) is 42.8 Å². The van der Waals surface area contributed by atoms with Gasteiger partial charge in [0.2, 0.25) is 0 Å². The molecule has 3 rings (SSSR count). The van der Waals surface area contributed by atoms with Crippen molar-refractivity contribution in [3.05, 3.63) is 58.3 Å². The minimum atomic E-state index is -3.94. The van der Waals surface area contributed by atoms with Gasteiger partial charge in [-0.25, -0.2) is 17.6 Å². The van der Waals surface area contributed by atoms with Gasteiger partial charge in [0.05, 0.1) is 16.1 Å². The van der Waals surface area contributed by atoms with Crippen LogP contribution in [0.15, 0.2) is 50.5 Å². The zero-order valence-electron chi connectivity index (χ0n) is 11.4. The molecule has 114 valence electrons. The molecule has 8 heteroatoms. The number of halogens is 1. The number of sulfonamides is 1. The minimum Gasteiger partial charge on any atom is -0.408 e. The molecule has 0 spiro atoms. The van der Waals surface area contributed by atoms with Crippen LogP contribution in [0.3, 0.4) is 0 Å². The molecule has 0 unspecified atom stereocenters. The van der Waals surface area contributed by atoms with Crippen LogP contribution in [-0.4, -0.2) is 13.4 Å². The van der Waals surface area contributed by atoms with E-state index in [1.54, 1.807) is 6.92 Å². The number of nitrogens with one attached hydrogen (secondary N) is 2. The number of rotatable bonds is 3. The lowest BCUT2D eigenvalue weighted by molar-refractivity contribution is 0.555. The summed E-state index contributed by atoms with van der Waals surface area (Å²) in [7, 11) is -3.94. The van der Waals surface area contributed by atoms with Gasteiger partial charge in [-0.1, -0.05) is 6.07 Å². The largest absolute Gasteiger partial charge is 0.417 e. The van der Waals surface area contributed by atoms with E-state index < -0.39 is 21.6 Å². The Kier molecular flexibility index (Phi) is 3.25. The maximum absolute atomic E-state index is 13.3. The Morgan fingerprint density at radius 3 is 2.73 bits per heavy atom. The molecule has 0 saturated carbocycles. The molecule has 2 aromatic carbocycles. The van der Waals surface area contributed by atoms with Crippen molar-refractivity contribution in [1.82, 2.24) is 4.98 Å². The van der Waals surface area contributed by atoms with Gasteiger partial charge >= 0.3 is 5.76 Å². The molecular weight excluding hydrogens is 311 g/mol. The molecule has 0 fully saturated rings. The molecule has 0 amide bonds. The SMILES string of the molecule is Cc1ccc(F)cc1S(=O)(=O)Nc1ccc2oc(=O)[nH]c2c1. The summed E-state index contributed by atoms with van der Waals surface area (Å²) < 4.78 is 45.1. The Morgan fingerprint density at radius 2 is 1.95 bits per heavy atom. The first-order chi connectivity index (χ1) is 10.3. The van der Waals surface area contributed by atoms with Crippen molar-refractivity contribution in [2.24, 2.45) is 0 Å². The second-order valence-electron chi connectivity index (χ2n) is 4.74. The van der Waals surface area contributed by atoms with E-state index >= 15 is 0 Å². The molecule has 0 radical (unpaired) electrons. The molecule has 0 atom stereocenters. The number of hydrogen-bond donors (Lipinski definition) is 2. The van der Waals surface area contributed by atoms with Crippen molar-refractivity contribution < 1.29 is 17.2 Å². The van der Waals surface area contributed by atoms with Crippen LogP contribution in [0.5, 0.6) is 0 Å². The molecule has 0 aliphatic heterocycles. The maximum Gasteiger partial charge on any atom is 0.417 e. The third kappa shape index (κ3) is 2.60. The Bertz CT molecular complexity index is 1020. The smallest absolute Gasteiger partial charge is 0.408 e. The van der Waals surface area contributed by atoms with Crippen LogP contribution < -0.4 is 10.5 Å². The highest BCUT2D eigenvalue weighted by atomic mass is 32.2. The molecular formula is C14H11FN2O4S. The monoisotopic (exact) mass is 322 g/mol. The van der Waals surface area contributed by atoms with Gasteiger partial charge in [-0.15, -0.1) is 0 Å². The van der Waals surface area contributed by atoms with Gasteiger partial charge in [0.1, 0.15) is 5.82 Å². The quantitative estimate of drug-likeness (QED) is 0.774. The number of benzene rings is 2. The third-order valence-corrected chi connectivity index (χ3v) is 4.63. The number of aromatic amines is 1. The fraction of sp³-hybridized carbons (Fsp3) is 0.0714. The molecule has 3 aromatic rings. The highest BCUT2D eigenvalue weighted by Gasteiger charge is 2.18. The minimum absolute atomic E-state index is 0.145. The highest BCUT2D eigenvalue weighted by molar-refractivity contribution is 7.92. The summed E-state index contributed by atoms with van der Waals surface area (Å²) in [6, 6.07) is 7.87. The summed E-state index contributed by atoms with van der Waals surface area (Å²) in [5, 5.41) is 0. The third-order valence-electron chi connectivity index (χ3n) is 3.11. The number of hydrogen-bond acceptors (Lipinski definition) is 4. The average molecular weight is 322 g/mol. The number of aromatic nitrogens is 1. The van der Waals surface area contributed by atoms with Gasteiger partial charge < -0.3 is 4.42 Å². The molecule has 0 saturated heterocycles. The summed E-state index contributed by atoms with van der Waals surface area (Å²) in [6.45, 7) is 1.57. The molecule has 6 nitrogen and oxygen atoms in total. The molecule has 2 N–H and O–H groups in total. The fourth-order valence-electron chi connectivity index (χ4n) is 2.09. The van der Waals surface area contributed by atoms with E-state index in [4.69, 9.17) is 4.42 Å². The van der Waals surface area contributed by atoms with Crippen LogP contribution in [0.1, 0.15) is 5.56 Å². The van der Waals surface area contributed by atoms with Crippen molar-refractivity contribution in [2.75, 3.05) is 4.72 Å². The summed E-state index contributed by atoms with van der Waals surface area (Å²) in [5.74, 6) is -1.27. The average Bonchev–Trinajstić information content (AvgIpc) is 2.80. The van der Waals surface area contributed by atoms with Crippen LogP contribution in [0, 0.1) is 12.7 Å². The van der Waals surface area contributed by atoms with Crippen molar-refractivity contribution in [3.8, 4) is 0 Å². The summed E-state index contributed by atoms with van der Waals surface area (Å²) in [4.78, 5) is 13.4. The van der Waals surface area contributed by atoms with Crippen LogP contribution in [0.2, 0.25) is 0 Å². The second kappa shape index (κ2) is 4.99. The summed E-state index contributed by atoms with van der Waals surface area (Å²) in [6.07, 6.45) is 0. The van der Waals surface area contributed by atoms with E-state index in [0.29, 0.717) is 16.7 Å². The molecule has 1 aromatic heterocycles. The zero-order chi connectivity index (χ0) is 15.9. The number of anilines is 1. The second-order valence-corrected chi connectivity index (χ2v) is 6.39. The highest BCUT2D eigenvalue weighted by Crippen LogP contribution is 2.22. The Morgan fingerprint density at radius 1 is 1.18 bits per heavy atom. The lowest BCUT2D eigenvalue weighted by Crippen LogP contribution is -2.14. The van der Waals surface area contributed by atoms with Crippen molar-refractivity contribution in [1.29, 1.82) is 0 Å². The summed E-state index contributed by atoms with van der Waals surface area (Å²) >= 11 is 0. The van der Waals surface area contributed by atoms with Crippen molar-refractivity contribution in [2.45, 2.75) is 11.8 Å². The van der Waals surface area contributed by atoms with E-state index in [1.165, 1.54) is 30.3 Å². The lowest BCUT2D eigenvalue weighted by Gasteiger charge is -2.10. The number of aryl methyl sites for hydroxylation is 1. The van der Waals surface area contributed by atoms with Crippen molar-refractivity contribution >= 4 is 26.8 Å². The van der Waals surface area contributed by atoms with Gasteiger partial charge in [-0.2, -0.15) is 0 Å². The van der Waals surface area contributed by atoms with E-state index in [-0.39, 0.29) is 10.6 Å². The van der Waals surface area contributed by atoms with E-state index in [9.17, 15) is 17.6 Å². The fourth-order valence-corrected chi connectivity index (χ4v) is 3.40. The first kappa shape index (κ1) is 14.3. The van der Waals surface area contributed by atoms with Gasteiger partial charge in [-0.3, -0.25) is 9.71 Å². The van der Waals surface area contributed by atoms with E-state index in [2.05, 4.69) is 9.71 Å². The Labute approximate surface area is 124 Å². The topological polar surface area (TPSA) is 92.2 Å². The molecule has 0 bridgehead atoms. The lowest BCUT2D eigenvalue weighted by atomic mass is 10.2. The van der Waals surface area contributed by atoms with Gasteiger partial charge in [0, 0.05) is 0 Å². The molecule has 0 aliphatic carbocycles. The summed E-state index contributed by atoms with van der Waals surface area (Å²) in [5.41, 5.74) is 1.33. The Balaban J connectivity index is 2.02. The van der Waals surface area contributed by atoms with Crippen molar-refractivity contribution in [3.63, 3.8) is 0 Å². The van der Waals surface area contributed by atoms with E-state index in [0.717, 1.165) is 6.07 Å². The Hall–Kier alpha value is -2.61. The van der Waals surface area contributed by atoms with Crippen LogP contribution in [-0.2, 0) is 10.0 Å². The number of oxazole rings is 1. The predicted octanol–water partition coefficient (Wildman–Crippen LogP) is 2.37. The van der Waals surface area contributed by atoms with Gasteiger partial charge in [0.25, 0.3) is 10.0 Å². The van der Waals surface area contributed by atoms with Crippen LogP contribution in [0.25, 0.3) is 11.1 Å². The first-order valence-corrected chi connectivity index (χ1v) is 7.75. The normalized spacial score (nSPS) is 11.7. The van der Waals surface area contributed by atoms with E-state index in [1.807, 2.05) is 0 Å². The number of H-pyrrole nitrogens is 1. The maximum atomic E-state index is 13.3. The standard InChI is InChI=1S/C14H11FN2O4S/c1-8-2-3-9(15)6-13(8)22(19,20)17-10-4-5-12-11(7-10)16-14(18)21-12/h2-7,17H,1H3,(H,16,18). The first-order valence-electron chi connectivity index (χ1n) is 6.27. The molecule has 22 heavy (non-hydrogen) atoms.